The molecular weight excluding hydrogens is 805 g/mol. The quantitative estimate of drug-likeness (QED) is 0.160. The molecule has 66 heavy (non-hydrogen) atoms. The zero-order valence-corrected chi connectivity index (χ0v) is 35.6. The molecule has 0 radical (unpaired) electrons. The second-order valence-corrected chi connectivity index (χ2v) is 16.7. The van der Waals surface area contributed by atoms with E-state index in [9.17, 15) is 0 Å². The molecule has 0 unspecified atom stereocenters. The van der Waals surface area contributed by atoms with Gasteiger partial charge < -0.3 is 8.98 Å². The number of fused-ring (bicyclic) bond motifs is 8. The van der Waals surface area contributed by atoms with Crippen molar-refractivity contribution in [2.24, 2.45) is 0 Å². The Labute approximate surface area is 380 Å². The molecule has 0 spiro atoms. The molecule has 0 aliphatic carbocycles. The van der Waals surface area contributed by atoms with E-state index in [-0.39, 0.29) is 0 Å². The summed E-state index contributed by atoms with van der Waals surface area (Å²) in [5.74, 6) is 1.77. The van der Waals surface area contributed by atoms with Gasteiger partial charge in [0.1, 0.15) is 5.58 Å². The summed E-state index contributed by atoms with van der Waals surface area (Å²) < 4.78 is 9.38. The molecule has 0 aliphatic rings. The van der Waals surface area contributed by atoms with Gasteiger partial charge in [0.05, 0.1) is 16.7 Å². The molecule has 308 valence electrons. The SMILES string of the molecule is c1ccc(-c2cccc(-c3ccc4c(c3)c3c5ccccc5ccc3n4-c3ccc(-c4nc(-c5ccccc5)nc(-c5cccc(-c6ccccc6)c5)n4)c4c3oc3ccccc34)c2)cc1. The van der Waals surface area contributed by atoms with Gasteiger partial charge in [-0.05, 0) is 92.7 Å². The van der Waals surface area contributed by atoms with Crippen molar-refractivity contribution in [1.82, 2.24) is 19.5 Å². The number of aromatic nitrogens is 4. The van der Waals surface area contributed by atoms with Crippen LogP contribution in [0.4, 0.5) is 0 Å². The first-order valence-corrected chi connectivity index (χ1v) is 22.3. The average Bonchev–Trinajstić information content (AvgIpc) is 3.96. The number of benzene rings is 10. The first-order chi connectivity index (χ1) is 32.7. The van der Waals surface area contributed by atoms with Gasteiger partial charge in [-0.15, -0.1) is 0 Å². The van der Waals surface area contributed by atoms with E-state index in [1.165, 1.54) is 38.2 Å². The van der Waals surface area contributed by atoms with Crippen LogP contribution in [0, 0.1) is 0 Å². The van der Waals surface area contributed by atoms with Gasteiger partial charge in [-0.1, -0.05) is 182 Å². The number of furan rings is 1. The highest BCUT2D eigenvalue weighted by molar-refractivity contribution is 6.23. The Kier molecular flexibility index (Phi) is 8.78. The van der Waals surface area contributed by atoms with Crippen molar-refractivity contribution in [2.75, 3.05) is 0 Å². The maximum Gasteiger partial charge on any atom is 0.164 e. The smallest absolute Gasteiger partial charge is 0.164 e. The van der Waals surface area contributed by atoms with Gasteiger partial charge in [-0.25, -0.2) is 15.0 Å². The number of rotatable bonds is 7. The minimum absolute atomic E-state index is 0.572. The van der Waals surface area contributed by atoms with Crippen LogP contribution in [0.1, 0.15) is 0 Å². The van der Waals surface area contributed by atoms with Crippen LogP contribution in [-0.4, -0.2) is 19.5 Å². The van der Waals surface area contributed by atoms with Crippen LogP contribution in [0.15, 0.2) is 235 Å². The molecule has 0 bridgehead atoms. The summed E-state index contributed by atoms with van der Waals surface area (Å²) in [5, 5.41) is 6.70. The lowest BCUT2D eigenvalue weighted by Crippen LogP contribution is -2.01. The Morgan fingerprint density at radius 2 is 0.848 bits per heavy atom. The van der Waals surface area contributed by atoms with Gasteiger partial charge >= 0.3 is 0 Å². The fourth-order valence-corrected chi connectivity index (χ4v) is 9.73. The molecule has 0 aliphatic heterocycles. The second kappa shape index (κ2) is 15.4. The van der Waals surface area contributed by atoms with E-state index in [2.05, 4.69) is 187 Å². The van der Waals surface area contributed by atoms with Crippen molar-refractivity contribution in [3.63, 3.8) is 0 Å². The van der Waals surface area contributed by atoms with E-state index in [0.29, 0.717) is 17.5 Å². The summed E-state index contributed by atoms with van der Waals surface area (Å²) in [7, 11) is 0. The lowest BCUT2D eigenvalue weighted by molar-refractivity contribution is 0.666. The highest BCUT2D eigenvalue weighted by atomic mass is 16.3. The van der Waals surface area contributed by atoms with Crippen LogP contribution in [-0.2, 0) is 0 Å². The highest BCUT2D eigenvalue weighted by Crippen LogP contribution is 2.44. The van der Waals surface area contributed by atoms with Gasteiger partial charge in [0.15, 0.2) is 23.1 Å². The summed E-state index contributed by atoms with van der Waals surface area (Å²) in [6.07, 6.45) is 0. The van der Waals surface area contributed by atoms with E-state index in [0.717, 1.165) is 72.0 Å². The van der Waals surface area contributed by atoms with Crippen LogP contribution in [0.3, 0.4) is 0 Å². The number of para-hydroxylation sites is 1. The zero-order chi connectivity index (χ0) is 43.6. The van der Waals surface area contributed by atoms with Gasteiger partial charge in [0, 0.05) is 38.2 Å². The fraction of sp³-hybridized carbons (Fsp3) is 0. The molecule has 13 rings (SSSR count). The monoisotopic (exact) mass is 842 g/mol. The standard InChI is InChI=1S/C61H38N4O/c1-4-16-39(17-5-1)43-23-14-25-45(36-43)46-31-33-52-51(38-46)56-48-27-11-10-20-41(48)30-34-53(56)65(52)54-35-32-50(57-49-28-12-13-29-55(49)66-58(54)57)61-63-59(42-21-8-3-9-22-42)62-60(64-61)47-26-15-24-44(37-47)40-18-6-2-7-19-40/h1-38H. The Balaban J connectivity index is 1.05. The van der Waals surface area contributed by atoms with Crippen molar-refractivity contribution in [3.8, 4) is 73.2 Å². The predicted molar refractivity (Wildman–Crippen MR) is 272 cm³/mol. The molecule has 10 aromatic carbocycles. The molecular formula is C61H38N4O. The molecule has 0 amide bonds. The lowest BCUT2D eigenvalue weighted by atomic mass is 9.97. The molecule has 13 aromatic rings. The Hall–Kier alpha value is -8.93. The molecule has 5 heteroatoms. The summed E-state index contributed by atoms with van der Waals surface area (Å²) in [6.45, 7) is 0. The molecule has 5 nitrogen and oxygen atoms in total. The predicted octanol–water partition coefficient (Wildman–Crippen LogP) is 16.0. The summed E-state index contributed by atoms with van der Waals surface area (Å²) in [5.41, 5.74) is 14.3. The molecule has 3 heterocycles. The third-order valence-electron chi connectivity index (χ3n) is 12.8. The Morgan fingerprint density at radius 1 is 0.318 bits per heavy atom. The van der Waals surface area contributed by atoms with Crippen LogP contribution in [0.25, 0.3) is 128 Å². The summed E-state index contributed by atoms with van der Waals surface area (Å²) >= 11 is 0. The van der Waals surface area contributed by atoms with Crippen molar-refractivity contribution in [1.29, 1.82) is 0 Å². The van der Waals surface area contributed by atoms with Crippen molar-refractivity contribution in [2.45, 2.75) is 0 Å². The first kappa shape index (κ1) is 37.6. The number of nitrogens with zero attached hydrogens (tertiary/aromatic N) is 4. The minimum Gasteiger partial charge on any atom is -0.454 e. The number of hydrogen-bond acceptors (Lipinski definition) is 4. The first-order valence-electron chi connectivity index (χ1n) is 22.3. The van der Waals surface area contributed by atoms with E-state index >= 15 is 0 Å². The van der Waals surface area contributed by atoms with Gasteiger partial charge in [-0.3, -0.25) is 0 Å². The second-order valence-electron chi connectivity index (χ2n) is 16.7. The van der Waals surface area contributed by atoms with E-state index < -0.39 is 0 Å². The molecule has 0 fully saturated rings. The fourth-order valence-electron chi connectivity index (χ4n) is 9.73. The lowest BCUT2D eigenvalue weighted by Gasteiger charge is -2.13. The van der Waals surface area contributed by atoms with Crippen molar-refractivity contribution in [3.05, 3.63) is 231 Å². The zero-order valence-electron chi connectivity index (χ0n) is 35.6. The Bertz CT molecular complexity index is 3990. The topological polar surface area (TPSA) is 56.7 Å². The third-order valence-corrected chi connectivity index (χ3v) is 12.8. The average molecular weight is 843 g/mol. The summed E-state index contributed by atoms with van der Waals surface area (Å²) in [6, 6.07) is 81.0. The van der Waals surface area contributed by atoms with Crippen LogP contribution in [0.5, 0.6) is 0 Å². The van der Waals surface area contributed by atoms with Gasteiger partial charge in [0.25, 0.3) is 0 Å². The van der Waals surface area contributed by atoms with Crippen molar-refractivity contribution >= 4 is 54.5 Å². The van der Waals surface area contributed by atoms with Crippen LogP contribution >= 0.6 is 0 Å². The summed E-state index contributed by atoms with van der Waals surface area (Å²) in [4.78, 5) is 15.6. The molecule has 0 N–H and O–H groups in total. The van der Waals surface area contributed by atoms with E-state index in [1.54, 1.807) is 0 Å². The molecule has 0 atom stereocenters. The maximum absolute atomic E-state index is 7.01. The molecule has 3 aromatic heterocycles. The van der Waals surface area contributed by atoms with E-state index in [4.69, 9.17) is 19.4 Å². The highest BCUT2D eigenvalue weighted by Gasteiger charge is 2.24. The third kappa shape index (κ3) is 6.28. The van der Waals surface area contributed by atoms with E-state index in [1.807, 2.05) is 48.5 Å². The van der Waals surface area contributed by atoms with Gasteiger partial charge in [-0.2, -0.15) is 0 Å². The van der Waals surface area contributed by atoms with Crippen molar-refractivity contribution < 1.29 is 4.42 Å². The molecule has 0 saturated carbocycles. The number of hydrogen-bond donors (Lipinski definition) is 0. The van der Waals surface area contributed by atoms with Gasteiger partial charge in [0.2, 0.25) is 0 Å². The Morgan fingerprint density at radius 3 is 1.58 bits per heavy atom. The van der Waals surface area contributed by atoms with Crippen LogP contribution < -0.4 is 0 Å². The minimum atomic E-state index is 0.572. The normalized spacial score (nSPS) is 11.6. The van der Waals surface area contributed by atoms with Crippen LogP contribution in [0.2, 0.25) is 0 Å². The largest absolute Gasteiger partial charge is 0.454 e. The molecule has 0 saturated heterocycles. The maximum atomic E-state index is 7.01.